The molecule has 0 unspecified atom stereocenters. The molecule has 2 aromatic heterocycles. The smallest absolute Gasteiger partial charge is 0.383 e. The molecule has 0 saturated carbocycles. The molecule has 0 aliphatic rings. The molecule has 2 atom stereocenters. The number of nitrogens with one attached hydrogen (secondary N) is 1. The van der Waals surface area contributed by atoms with Gasteiger partial charge in [0, 0.05) is 6.54 Å². The Morgan fingerprint density at radius 3 is 2.19 bits per heavy atom. The van der Waals surface area contributed by atoms with E-state index in [1.54, 1.807) is 38.3 Å². The second kappa shape index (κ2) is 12.8. The van der Waals surface area contributed by atoms with Crippen molar-refractivity contribution in [2.24, 2.45) is 5.41 Å². The summed E-state index contributed by atoms with van der Waals surface area (Å²) in [4.78, 5) is 31.3. The van der Waals surface area contributed by atoms with Crippen LogP contribution in [0.1, 0.15) is 62.2 Å². The van der Waals surface area contributed by atoms with Crippen molar-refractivity contribution in [1.82, 2.24) is 20.5 Å². The van der Waals surface area contributed by atoms with Crippen molar-refractivity contribution in [3.63, 3.8) is 0 Å². The molecule has 230 valence electrons. The molecule has 9 nitrogen and oxygen atoms in total. The minimum absolute atomic E-state index is 0.0317. The number of carbonyl (C=O) groups excluding carboxylic acids is 2. The van der Waals surface area contributed by atoms with Crippen LogP contribution in [-0.2, 0) is 28.4 Å². The van der Waals surface area contributed by atoms with Crippen LogP contribution in [0, 0.1) is 5.41 Å². The molecule has 0 saturated heterocycles. The van der Waals surface area contributed by atoms with Crippen molar-refractivity contribution in [3.05, 3.63) is 58.2 Å². The number of hydrogen-bond donors (Lipinski definition) is 3. The zero-order valence-corrected chi connectivity index (χ0v) is 23.4. The van der Waals surface area contributed by atoms with Gasteiger partial charge >= 0.3 is 12.4 Å². The Bertz CT molecular complexity index is 1340. The van der Waals surface area contributed by atoms with E-state index in [-0.39, 0.29) is 42.7 Å². The quantitative estimate of drug-likeness (QED) is 0.152. The van der Waals surface area contributed by atoms with Crippen LogP contribution in [0.5, 0.6) is 0 Å². The van der Waals surface area contributed by atoms with Crippen LogP contribution in [0.15, 0.2) is 40.2 Å². The van der Waals surface area contributed by atoms with Gasteiger partial charge in [0.25, 0.3) is 11.8 Å². The first kappa shape index (κ1) is 33.0. The second-order valence-corrected chi connectivity index (χ2v) is 11.5. The van der Waals surface area contributed by atoms with Crippen molar-refractivity contribution < 1.29 is 50.8 Å². The number of nitrogens with zero attached hydrogens (tertiary/aromatic N) is 3. The molecule has 3 aromatic rings. The Hall–Kier alpha value is -3.50. The van der Waals surface area contributed by atoms with Gasteiger partial charge in [-0.2, -0.15) is 31.3 Å². The first-order chi connectivity index (χ1) is 19.4. The van der Waals surface area contributed by atoms with Gasteiger partial charge in [-0.15, -0.1) is 11.3 Å². The molecule has 0 aliphatic carbocycles. The Morgan fingerprint density at radius 1 is 1.07 bits per heavy atom. The van der Waals surface area contributed by atoms with Crippen molar-refractivity contribution >= 4 is 23.2 Å². The fraction of sp³-hybridized carbons (Fsp3) is 0.462. The summed E-state index contributed by atoms with van der Waals surface area (Å²) in [6.45, 7) is 4.98. The fourth-order valence-corrected chi connectivity index (χ4v) is 4.95. The van der Waals surface area contributed by atoms with E-state index in [1.807, 2.05) is 0 Å². The molecular formula is C26H28F6N4O5S. The Balaban J connectivity index is 1.96. The average Bonchev–Trinajstić information content (AvgIpc) is 3.58. The first-order valence-electron chi connectivity index (χ1n) is 12.5. The standard InChI is InChI=1S/C26H28F6N4O5S/c1-24(2,3)20(21-33-23(41-35-21)18-7-5-9-42-18)36(19(38)13-17(37)22(39)34-40)8-4-6-14-10-15(25(27,28)29)12-16(11-14)26(30,31)32/h5,7,9-12,17,20,37,40H,4,6,8,13H2,1-3H3,(H,34,39)/t17-,20+/m0/s1. The molecule has 0 spiro atoms. The van der Waals surface area contributed by atoms with Crippen LogP contribution in [0.2, 0.25) is 0 Å². The molecule has 1 aromatic carbocycles. The van der Waals surface area contributed by atoms with E-state index < -0.39 is 59.3 Å². The van der Waals surface area contributed by atoms with Crippen LogP contribution in [0.3, 0.4) is 0 Å². The molecule has 3 N–H and O–H groups in total. The zero-order valence-electron chi connectivity index (χ0n) is 22.6. The van der Waals surface area contributed by atoms with Crippen molar-refractivity contribution in [3.8, 4) is 10.8 Å². The molecule has 0 aliphatic heterocycles. The fourth-order valence-electron chi connectivity index (χ4n) is 4.31. The monoisotopic (exact) mass is 622 g/mol. The van der Waals surface area contributed by atoms with Crippen LogP contribution in [-0.4, -0.2) is 49.8 Å². The summed E-state index contributed by atoms with van der Waals surface area (Å²) >= 11 is 1.32. The topological polar surface area (TPSA) is 129 Å². The Morgan fingerprint density at radius 2 is 1.69 bits per heavy atom. The number of halogens is 6. The van der Waals surface area contributed by atoms with Crippen molar-refractivity contribution in [2.45, 2.75) is 64.5 Å². The molecule has 0 bridgehead atoms. The van der Waals surface area contributed by atoms with Crippen molar-refractivity contribution in [2.75, 3.05) is 6.54 Å². The van der Waals surface area contributed by atoms with Gasteiger partial charge in [-0.1, -0.05) is 32.0 Å². The highest BCUT2D eigenvalue weighted by molar-refractivity contribution is 7.13. The number of benzene rings is 1. The third-order valence-electron chi connectivity index (χ3n) is 6.16. The lowest BCUT2D eigenvalue weighted by molar-refractivity contribution is -0.146. The molecule has 2 heterocycles. The number of alkyl halides is 6. The van der Waals surface area contributed by atoms with Gasteiger partial charge in [0.15, 0.2) is 5.82 Å². The van der Waals surface area contributed by atoms with Gasteiger partial charge < -0.3 is 14.5 Å². The Kier molecular flexibility index (Phi) is 10.1. The number of thiophene rings is 1. The lowest BCUT2D eigenvalue weighted by Crippen LogP contribution is -2.45. The van der Waals surface area contributed by atoms with E-state index in [0.29, 0.717) is 17.0 Å². The molecule has 3 rings (SSSR count). The van der Waals surface area contributed by atoms with E-state index in [2.05, 4.69) is 10.1 Å². The van der Waals surface area contributed by atoms with Gasteiger partial charge in [0.1, 0.15) is 12.1 Å². The largest absolute Gasteiger partial charge is 0.416 e. The lowest BCUT2D eigenvalue weighted by Gasteiger charge is -2.38. The summed E-state index contributed by atoms with van der Waals surface area (Å²) in [6, 6.07) is 3.79. The number of amides is 2. The van der Waals surface area contributed by atoms with Gasteiger partial charge in [0.05, 0.1) is 22.4 Å². The second-order valence-electron chi connectivity index (χ2n) is 10.5. The number of hydrogen-bond acceptors (Lipinski definition) is 8. The maximum atomic E-state index is 13.4. The van der Waals surface area contributed by atoms with E-state index in [0.717, 1.165) is 0 Å². The number of hydroxylamine groups is 1. The lowest BCUT2D eigenvalue weighted by atomic mass is 9.84. The maximum Gasteiger partial charge on any atom is 0.416 e. The van der Waals surface area contributed by atoms with Crippen molar-refractivity contribution in [1.29, 1.82) is 0 Å². The SMILES string of the molecule is CC(C)(C)[C@@H](c1noc(-c2cccs2)n1)N(CCCc1cc(C(F)(F)F)cc(C(F)(F)F)c1)C(=O)C[C@H](O)C(=O)NO. The summed E-state index contributed by atoms with van der Waals surface area (Å²) in [5.74, 6) is -1.85. The average molecular weight is 623 g/mol. The maximum absolute atomic E-state index is 13.4. The number of aliphatic hydroxyl groups excluding tert-OH is 1. The summed E-state index contributed by atoms with van der Waals surface area (Å²) in [7, 11) is 0. The van der Waals surface area contributed by atoms with E-state index >= 15 is 0 Å². The number of rotatable bonds is 10. The zero-order chi connectivity index (χ0) is 31.5. The Labute approximate surface area is 240 Å². The molecular weight excluding hydrogens is 594 g/mol. The third-order valence-corrected chi connectivity index (χ3v) is 7.02. The number of aryl methyl sites for hydroxylation is 1. The highest BCUT2D eigenvalue weighted by atomic mass is 32.1. The molecule has 42 heavy (non-hydrogen) atoms. The number of aromatic nitrogens is 2. The van der Waals surface area contributed by atoms with Crippen LogP contribution in [0.4, 0.5) is 26.3 Å². The number of aliphatic hydroxyl groups is 1. The summed E-state index contributed by atoms with van der Waals surface area (Å²) < 4.78 is 85.3. The minimum Gasteiger partial charge on any atom is -0.383 e. The summed E-state index contributed by atoms with van der Waals surface area (Å²) in [6.07, 6.45) is -13.2. The number of carbonyl (C=O) groups is 2. The minimum atomic E-state index is -5.02. The highest BCUT2D eigenvalue weighted by Gasteiger charge is 2.40. The van der Waals surface area contributed by atoms with Gasteiger partial charge in [-0.25, -0.2) is 5.48 Å². The summed E-state index contributed by atoms with van der Waals surface area (Å²) in [5.41, 5.74) is -2.75. The van der Waals surface area contributed by atoms with E-state index in [1.165, 1.54) is 21.7 Å². The highest BCUT2D eigenvalue weighted by Crippen LogP contribution is 2.39. The van der Waals surface area contributed by atoms with E-state index in [9.17, 15) is 41.0 Å². The molecule has 16 heteroatoms. The van der Waals surface area contributed by atoms with Crippen LogP contribution in [0.25, 0.3) is 10.8 Å². The predicted octanol–water partition coefficient (Wildman–Crippen LogP) is 5.64. The normalized spacial score (nSPS) is 14.0. The molecule has 0 radical (unpaired) electrons. The van der Waals surface area contributed by atoms with Crippen LogP contribution >= 0.6 is 11.3 Å². The third kappa shape index (κ3) is 8.29. The predicted molar refractivity (Wildman–Crippen MR) is 137 cm³/mol. The van der Waals surface area contributed by atoms with Gasteiger partial charge in [-0.3, -0.25) is 14.8 Å². The molecule has 2 amide bonds. The van der Waals surface area contributed by atoms with Gasteiger partial charge in [-0.05, 0) is 53.5 Å². The molecule has 0 fully saturated rings. The van der Waals surface area contributed by atoms with Gasteiger partial charge in [0.2, 0.25) is 5.91 Å². The van der Waals surface area contributed by atoms with E-state index in [4.69, 9.17) is 9.73 Å². The summed E-state index contributed by atoms with van der Waals surface area (Å²) in [5, 5.41) is 24.7. The van der Waals surface area contributed by atoms with Crippen LogP contribution < -0.4 is 5.48 Å². The first-order valence-corrected chi connectivity index (χ1v) is 13.4.